The molecule has 3 heteroatoms. The predicted octanol–water partition coefficient (Wildman–Crippen LogP) is 1.76. The van der Waals surface area contributed by atoms with Gasteiger partial charge in [-0.05, 0) is 63.2 Å². The van der Waals surface area contributed by atoms with Crippen LogP contribution in [0.4, 0.5) is 0 Å². The molecule has 1 atom stereocenters. The third-order valence-electron chi connectivity index (χ3n) is 5.44. The maximum absolute atomic E-state index is 12.2. The van der Waals surface area contributed by atoms with Crippen molar-refractivity contribution in [2.45, 2.75) is 57.0 Å². The van der Waals surface area contributed by atoms with Gasteiger partial charge in [-0.1, -0.05) is 0 Å². The summed E-state index contributed by atoms with van der Waals surface area (Å²) in [4.78, 5) is 14.2. The molecule has 4 aliphatic rings. The zero-order chi connectivity index (χ0) is 12.2. The van der Waals surface area contributed by atoms with Gasteiger partial charge in [-0.2, -0.15) is 0 Å². The lowest BCUT2D eigenvalue weighted by Crippen LogP contribution is -2.62. The van der Waals surface area contributed by atoms with Crippen molar-refractivity contribution in [1.29, 1.82) is 0 Å². The van der Waals surface area contributed by atoms with Crippen molar-refractivity contribution in [3.05, 3.63) is 0 Å². The van der Waals surface area contributed by atoms with Crippen LogP contribution in [0, 0.1) is 17.8 Å². The maximum Gasteiger partial charge on any atom is 0.239 e. The lowest BCUT2D eigenvalue weighted by Gasteiger charge is -2.60. The second kappa shape index (κ2) is 3.71. The molecule has 0 radical (unpaired) electrons. The summed E-state index contributed by atoms with van der Waals surface area (Å²) in [6, 6.07) is -0.354. The zero-order valence-corrected chi connectivity index (χ0v) is 11.0. The third-order valence-corrected chi connectivity index (χ3v) is 5.44. The first kappa shape index (κ1) is 11.5. The number of nitrogens with zero attached hydrogens (tertiary/aromatic N) is 1. The highest BCUT2D eigenvalue weighted by atomic mass is 16.2. The van der Waals surface area contributed by atoms with Crippen LogP contribution in [0.15, 0.2) is 0 Å². The fourth-order valence-electron chi connectivity index (χ4n) is 5.01. The van der Waals surface area contributed by atoms with Crippen LogP contribution in [-0.2, 0) is 4.79 Å². The van der Waals surface area contributed by atoms with Gasteiger partial charge >= 0.3 is 0 Å². The number of carbonyl (C=O) groups is 1. The average molecular weight is 236 g/mol. The van der Waals surface area contributed by atoms with E-state index in [2.05, 4.69) is 0 Å². The molecule has 4 saturated carbocycles. The topological polar surface area (TPSA) is 46.3 Å². The largest absolute Gasteiger partial charge is 0.339 e. The third kappa shape index (κ3) is 1.70. The number of hydrogen-bond donors (Lipinski definition) is 1. The molecular formula is C14H24N2O. The van der Waals surface area contributed by atoms with Gasteiger partial charge in [0.05, 0.1) is 6.04 Å². The molecule has 2 N–H and O–H groups in total. The number of nitrogens with two attached hydrogens (primary N) is 1. The van der Waals surface area contributed by atoms with Crippen LogP contribution in [0.1, 0.15) is 45.4 Å². The first-order valence-electron chi connectivity index (χ1n) is 7.03. The van der Waals surface area contributed by atoms with Gasteiger partial charge in [0.25, 0.3) is 0 Å². The molecule has 0 aliphatic heterocycles. The Kier molecular flexibility index (Phi) is 2.51. The van der Waals surface area contributed by atoms with Crippen molar-refractivity contribution in [3.8, 4) is 0 Å². The van der Waals surface area contributed by atoms with E-state index in [1.54, 1.807) is 6.92 Å². The van der Waals surface area contributed by atoms with E-state index in [0.29, 0.717) is 0 Å². The number of amides is 1. The van der Waals surface area contributed by atoms with E-state index in [4.69, 9.17) is 5.73 Å². The number of likely N-dealkylation sites (N-methyl/N-ethyl adjacent to an activating group) is 1. The molecule has 0 aromatic rings. The minimum atomic E-state index is -0.354. The van der Waals surface area contributed by atoms with E-state index in [1.165, 1.54) is 38.5 Å². The molecule has 96 valence electrons. The average Bonchev–Trinajstić information content (AvgIpc) is 2.25. The van der Waals surface area contributed by atoms with Gasteiger partial charge in [0, 0.05) is 12.6 Å². The van der Waals surface area contributed by atoms with Crippen molar-refractivity contribution in [3.63, 3.8) is 0 Å². The van der Waals surface area contributed by atoms with Crippen molar-refractivity contribution >= 4 is 5.91 Å². The van der Waals surface area contributed by atoms with Crippen molar-refractivity contribution in [2.75, 3.05) is 7.05 Å². The monoisotopic (exact) mass is 236 g/mol. The van der Waals surface area contributed by atoms with Gasteiger partial charge in [-0.15, -0.1) is 0 Å². The van der Waals surface area contributed by atoms with E-state index < -0.39 is 0 Å². The predicted molar refractivity (Wildman–Crippen MR) is 67.3 cm³/mol. The summed E-state index contributed by atoms with van der Waals surface area (Å²) in [5.41, 5.74) is 5.93. The van der Waals surface area contributed by atoms with Crippen LogP contribution in [-0.4, -0.2) is 29.4 Å². The Morgan fingerprint density at radius 2 is 1.59 bits per heavy atom. The zero-order valence-electron chi connectivity index (χ0n) is 11.0. The fourth-order valence-corrected chi connectivity index (χ4v) is 5.01. The van der Waals surface area contributed by atoms with E-state index in [0.717, 1.165) is 17.8 Å². The van der Waals surface area contributed by atoms with Crippen molar-refractivity contribution in [2.24, 2.45) is 23.5 Å². The van der Waals surface area contributed by atoms with Crippen molar-refractivity contribution < 1.29 is 4.79 Å². The van der Waals surface area contributed by atoms with Gasteiger partial charge in [0.2, 0.25) is 5.91 Å². The summed E-state index contributed by atoms with van der Waals surface area (Å²) in [6.45, 7) is 1.80. The van der Waals surface area contributed by atoms with Crippen LogP contribution in [0.3, 0.4) is 0 Å². The Hall–Kier alpha value is -0.570. The Labute approximate surface area is 104 Å². The highest BCUT2D eigenvalue weighted by Gasteiger charge is 2.53. The van der Waals surface area contributed by atoms with Gasteiger partial charge in [-0.3, -0.25) is 4.79 Å². The van der Waals surface area contributed by atoms with E-state index in [1.807, 2.05) is 11.9 Å². The summed E-state index contributed by atoms with van der Waals surface area (Å²) in [7, 11) is 1.98. The molecule has 4 fully saturated rings. The van der Waals surface area contributed by atoms with E-state index in [9.17, 15) is 4.79 Å². The Bertz CT molecular complexity index is 302. The summed E-state index contributed by atoms with van der Waals surface area (Å²) < 4.78 is 0. The Morgan fingerprint density at radius 3 is 1.94 bits per heavy atom. The summed E-state index contributed by atoms with van der Waals surface area (Å²) >= 11 is 0. The summed E-state index contributed by atoms with van der Waals surface area (Å²) in [5.74, 6) is 2.77. The Balaban J connectivity index is 1.84. The molecule has 4 bridgehead atoms. The smallest absolute Gasteiger partial charge is 0.239 e. The van der Waals surface area contributed by atoms with Crippen LogP contribution in [0.5, 0.6) is 0 Å². The Morgan fingerprint density at radius 1 is 1.18 bits per heavy atom. The first-order chi connectivity index (χ1) is 8.00. The summed E-state index contributed by atoms with van der Waals surface area (Å²) in [5, 5.41) is 0. The standard InChI is InChI=1S/C14H24N2O/c1-9(15)13(17)16(2)14-6-10-3-11(7-14)5-12(4-10)8-14/h9-12H,3-8,15H2,1-2H3. The minimum absolute atomic E-state index is 0.131. The summed E-state index contributed by atoms with van der Waals surface area (Å²) in [6.07, 6.45) is 7.94. The van der Waals surface area contributed by atoms with Crippen molar-refractivity contribution in [1.82, 2.24) is 4.90 Å². The molecule has 0 aromatic carbocycles. The quantitative estimate of drug-likeness (QED) is 0.794. The molecule has 0 heterocycles. The second-order valence-corrected chi connectivity index (χ2v) is 6.83. The number of hydrogen-bond acceptors (Lipinski definition) is 2. The van der Waals surface area contributed by atoms with Crippen LogP contribution in [0.2, 0.25) is 0 Å². The maximum atomic E-state index is 12.2. The molecule has 0 aromatic heterocycles. The van der Waals surface area contributed by atoms with Gasteiger partial charge in [-0.25, -0.2) is 0 Å². The fraction of sp³-hybridized carbons (Fsp3) is 0.929. The van der Waals surface area contributed by atoms with Gasteiger partial charge in [0.15, 0.2) is 0 Å². The molecule has 4 rings (SSSR count). The molecule has 0 saturated heterocycles. The number of carbonyl (C=O) groups excluding carboxylic acids is 1. The van der Waals surface area contributed by atoms with Gasteiger partial charge < -0.3 is 10.6 Å². The van der Waals surface area contributed by atoms with Crippen LogP contribution in [0.25, 0.3) is 0 Å². The lowest BCUT2D eigenvalue weighted by atomic mass is 9.52. The van der Waals surface area contributed by atoms with Gasteiger partial charge in [0.1, 0.15) is 0 Å². The molecule has 0 spiro atoms. The molecular weight excluding hydrogens is 212 g/mol. The molecule has 1 unspecified atom stereocenters. The molecule has 4 aliphatic carbocycles. The normalized spacial score (nSPS) is 44.8. The van der Waals surface area contributed by atoms with Crippen LogP contribution < -0.4 is 5.73 Å². The molecule has 3 nitrogen and oxygen atoms in total. The highest BCUT2D eigenvalue weighted by molar-refractivity contribution is 5.81. The first-order valence-corrected chi connectivity index (χ1v) is 7.03. The van der Waals surface area contributed by atoms with E-state index >= 15 is 0 Å². The van der Waals surface area contributed by atoms with E-state index in [-0.39, 0.29) is 17.5 Å². The minimum Gasteiger partial charge on any atom is -0.339 e. The molecule has 1 amide bonds. The molecule has 17 heavy (non-hydrogen) atoms. The SMILES string of the molecule is CC(N)C(=O)N(C)C12CC3CC(CC(C3)C1)C2. The number of rotatable bonds is 2. The van der Waals surface area contributed by atoms with Crippen LogP contribution >= 0.6 is 0 Å². The lowest BCUT2D eigenvalue weighted by molar-refractivity contribution is -0.148. The second-order valence-electron chi connectivity index (χ2n) is 6.83. The highest BCUT2D eigenvalue weighted by Crippen LogP contribution is 2.57.